The van der Waals surface area contributed by atoms with Gasteiger partial charge in [0, 0.05) is 43.9 Å². The Labute approximate surface area is 176 Å². The van der Waals surface area contributed by atoms with Crippen LogP contribution in [0.1, 0.15) is 11.6 Å². The summed E-state index contributed by atoms with van der Waals surface area (Å²) in [6.07, 6.45) is 0. The van der Waals surface area contributed by atoms with Gasteiger partial charge in [-0.15, -0.1) is 0 Å². The highest BCUT2D eigenvalue weighted by Crippen LogP contribution is 2.29. The van der Waals surface area contributed by atoms with Crippen molar-refractivity contribution in [1.29, 1.82) is 0 Å². The number of para-hydroxylation sites is 1. The van der Waals surface area contributed by atoms with Gasteiger partial charge >= 0.3 is 5.97 Å². The Morgan fingerprint density at radius 2 is 1.66 bits per heavy atom. The Balaban J connectivity index is 1.63. The van der Waals surface area contributed by atoms with Crippen molar-refractivity contribution in [3.63, 3.8) is 0 Å². The van der Waals surface area contributed by atoms with Crippen molar-refractivity contribution < 1.29 is 14.3 Å². The number of benzene rings is 2. The molecule has 6 nitrogen and oxygen atoms in total. The molecule has 1 saturated heterocycles. The molecule has 1 fully saturated rings. The number of likely N-dealkylation sites (N-methyl/N-ethyl adjacent to an activating group) is 1. The molecule has 1 atom stereocenters. The molecule has 1 amide bonds. The van der Waals surface area contributed by atoms with E-state index in [0.29, 0.717) is 37.7 Å². The van der Waals surface area contributed by atoms with E-state index in [9.17, 15) is 9.59 Å². The Morgan fingerprint density at radius 1 is 1.03 bits per heavy atom. The largest absolute Gasteiger partial charge is 0.468 e. The van der Waals surface area contributed by atoms with E-state index in [0.717, 1.165) is 11.3 Å². The summed E-state index contributed by atoms with van der Waals surface area (Å²) in [4.78, 5) is 31.0. The second kappa shape index (κ2) is 9.76. The first kappa shape index (κ1) is 21.1. The van der Waals surface area contributed by atoms with Crippen molar-refractivity contribution in [2.24, 2.45) is 0 Å². The van der Waals surface area contributed by atoms with Crippen molar-refractivity contribution in [1.82, 2.24) is 9.80 Å². The molecule has 29 heavy (non-hydrogen) atoms. The van der Waals surface area contributed by atoms with Gasteiger partial charge in [-0.25, -0.2) is 4.79 Å². The number of methoxy groups -OCH3 is 1. The normalized spacial score (nSPS) is 15.6. The van der Waals surface area contributed by atoms with Gasteiger partial charge in [-0.2, -0.15) is 0 Å². The number of piperazine rings is 1. The van der Waals surface area contributed by atoms with Gasteiger partial charge < -0.3 is 14.5 Å². The summed E-state index contributed by atoms with van der Waals surface area (Å²) in [7, 11) is 3.29. The molecule has 1 aliphatic rings. The standard InChI is InChI=1S/C22H26ClN3O3/c1-24(17-8-4-3-5-9-17)16-20(27)25-12-14-26(15-13-25)21(22(28)29-2)18-10-6-7-11-19(18)23/h3-11,21H,12-16H2,1-2H3. The minimum absolute atomic E-state index is 0.0726. The lowest BCUT2D eigenvalue weighted by molar-refractivity contribution is -0.148. The lowest BCUT2D eigenvalue weighted by Gasteiger charge is -2.39. The monoisotopic (exact) mass is 415 g/mol. The summed E-state index contributed by atoms with van der Waals surface area (Å²) in [5.74, 6) is -0.273. The van der Waals surface area contributed by atoms with E-state index in [-0.39, 0.29) is 11.9 Å². The van der Waals surface area contributed by atoms with Gasteiger partial charge in [-0.05, 0) is 23.8 Å². The Hall–Kier alpha value is -2.57. The zero-order valence-electron chi connectivity index (χ0n) is 16.8. The topological polar surface area (TPSA) is 53.1 Å². The van der Waals surface area contributed by atoms with E-state index in [1.54, 1.807) is 6.07 Å². The molecule has 154 valence electrons. The van der Waals surface area contributed by atoms with Crippen LogP contribution >= 0.6 is 11.6 Å². The number of halogens is 1. The average molecular weight is 416 g/mol. The molecule has 0 radical (unpaired) electrons. The first-order chi connectivity index (χ1) is 14.0. The molecule has 0 bridgehead atoms. The summed E-state index contributed by atoms with van der Waals surface area (Å²) < 4.78 is 5.02. The van der Waals surface area contributed by atoms with Gasteiger partial charge in [0.05, 0.1) is 13.7 Å². The summed E-state index contributed by atoms with van der Waals surface area (Å²) in [5, 5.41) is 0.533. The third kappa shape index (κ3) is 5.08. The summed E-state index contributed by atoms with van der Waals surface area (Å²) >= 11 is 6.33. The van der Waals surface area contributed by atoms with Crippen LogP contribution in [0.5, 0.6) is 0 Å². The van der Waals surface area contributed by atoms with Crippen molar-refractivity contribution >= 4 is 29.2 Å². The molecule has 1 aliphatic heterocycles. The number of rotatable bonds is 6. The van der Waals surface area contributed by atoms with Crippen molar-refractivity contribution in [3.8, 4) is 0 Å². The molecule has 0 spiro atoms. The Morgan fingerprint density at radius 3 is 2.28 bits per heavy atom. The number of anilines is 1. The van der Waals surface area contributed by atoms with Crippen LogP contribution in [0.4, 0.5) is 5.69 Å². The number of esters is 1. The van der Waals surface area contributed by atoms with Crippen molar-refractivity contribution in [2.75, 3.05) is 51.8 Å². The number of amides is 1. The number of hydrogen-bond acceptors (Lipinski definition) is 5. The minimum Gasteiger partial charge on any atom is -0.468 e. The van der Waals surface area contributed by atoms with Crippen LogP contribution < -0.4 is 4.90 Å². The number of carbonyl (C=O) groups excluding carboxylic acids is 2. The SMILES string of the molecule is COC(=O)C(c1ccccc1Cl)N1CCN(C(=O)CN(C)c2ccccc2)CC1. The van der Waals surface area contributed by atoms with E-state index in [4.69, 9.17) is 16.3 Å². The second-order valence-corrected chi connectivity index (χ2v) is 7.46. The molecule has 0 N–H and O–H groups in total. The van der Waals surface area contributed by atoms with Gasteiger partial charge in [0.25, 0.3) is 0 Å². The maximum Gasteiger partial charge on any atom is 0.327 e. The van der Waals surface area contributed by atoms with Gasteiger partial charge in [0.15, 0.2) is 0 Å². The third-order valence-corrected chi connectivity index (χ3v) is 5.57. The van der Waals surface area contributed by atoms with Gasteiger partial charge in [-0.3, -0.25) is 9.69 Å². The fraction of sp³-hybridized carbons (Fsp3) is 0.364. The zero-order valence-corrected chi connectivity index (χ0v) is 17.5. The van der Waals surface area contributed by atoms with Crippen LogP contribution in [-0.4, -0.2) is 68.6 Å². The highest BCUT2D eigenvalue weighted by atomic mass is 35.5. The number of nitrogens with zero attached hydrogens (tertiary/aromatic N) is 3. The zero-order chi connectivity index (χ0) is 20.8. The smallest absolute Gasteiger partial charge is 0.327 e. The summed E-state index contributed by atoms with van der Waals surface area (Å²) in [6.45, 7) is 2.57. The Kier molecular flexibility index (Phi) is 7.12. The van der Waals surface area contributed by atoms with E-state index >= 15 is 0 Å². The third-order valence-electron chi connectivity index (χ3n) is 5.23. The molecular formula is C22H26ClN3O3. The first-order valence-electron chi connectivity index (χ1n) is 9.61. The highest BCUT2D eigenvalue weighted by molar-refractivity contribution is 6.31. The summed E-state index contributed by atoms with van der Waals surface area (Å²) in [6, 6.07) is 16.6. The number of ether oxygens (including phenoxy) is 1. The molecule has 7 heteroatoms. The molecule has 0 saturated carbocycles. The van der Waals surface area contributed by atoms with Gasteiger partial charge in [0.1, 0.15) is 6.04 Å². The molecule has 0 aliphatic carbocycles. The quantitative estimate of drug-likeness (QED) is 0.679. The van der Waals surface area contributed by atoms with Gasteiger partial charge in [0.2, 0.25) is 5.91 Å². The molecule has 3 rings (SSSR count). The predicted molar refractivity (Wildman–Crippen MR) is 114 cm³/mol. The first-order valence-corrected chi connectivity index (χ1v) is 9.99. The van der Waals surface area contributed by atoms with E-state index in [1.165, 1.54) is 7.11 Å². The van der Waals surface area contributed by atoms with E-state index in [2.05, 4.69) is 0 Å². The summed E-state index contributed by atoms with van der Waals surface area (Å²) in [5.41, 5.74) is 1.73. The fourth-order valence-corrected chi connectivity index (χ4v) is 3.83. The second-order valence-electron chi connectivity index (χ2n) is 7.06. The average Bonchev–Trinajstić information content (AvgIpc) is 2.76. The van der Waals surface area contributed by atoms with Crippen LogP contribution in [0.3, 0.4) is 0 Å². The molecule has 0 aromatic heterocycles. The van der Waals surface area contributed by atoms with Crippen molar-refractivity contribution in [3.05, 3.63) is 65.2 Å². The highest BCUT2D eigenvalue weighted by Gasteiger charge is 2.33. The van der Waals surface area contributed by atoms with Crippen LogP contribution in [0.2, 0.25) is 5.02 Å². The molecule has 1 unspecified atom stereocenters. The van der Waals surface area contributed by atoms with Gasteiger partial charge in [-0.1, -0.05) is 48.0 Å². The minimum atomic E-state index is -0.571. The van der Waals surface area contributed by atoms with E-state index in [1.807, 2.05) is 70.3 Å². The molecule has 2 aromatic rings. The predicted octanol–water partition coefficient (Wildman–Crippen LogP) is 2.83. The van der Waals surface area contributed by atoms with Crippen LogP contribution in [-0.2, 0) is 14.3 Å². The maximum absolute atomic E-state index is 12.7. The van der Waals surface area contributed by atoms with Crippen LogP contribution in [0.25, 0.3) is 0 Å². The number of hydrogen-bond donors (Lipinski definition) is 0. The molecular weight excluding hydrogens is 390 g/mol. The van der Waals surface area contributed by atoms with E-state index < -0.39 is 6.04 Å². The lowest BCUT2D eigenvalue weighted by atomic mass is 10.0. The molecule has 2 aromatic carbocycles. The lowest BCUT2D eigenvalue weighted by Crippen LogP contribution is -2.52. The fourth-order valence-electron chi connectivity index (χ4n) is 3.59. The number of carbonyl (C=O) groups is 2. The maximum atomic E-state index is 12.7. The molecule has 1 heterocycles. The Bertz CT molecular complexity index is 838. The van der Waals surface area contributed by atoms with Crippen LogP contribution in [0.15, 0.2) is 54.6 Å². The van der Waals surface area contributed by atoms with Crippen molar-refractivity contribution in [2.45, 2.75) is 6.04 Å². The van der Waals surface area contributed by atoms with Crippen LogP contribution in [0, 0.1) is 0 Å².